The summed E-state index contributed by atoms with van der Waals surface area (Å²) in [6, 6.07) is -0.674. The number of hydrogen-bond donors (Lipinski definition) is 3. The standard InChI is InChI=1S/C23H47NO4/c1-5-6-7-8-9-10-11-12-13-14-15-16-17-18-21(26)20(19-25)24-22(27)28-23(2,3)4/h20-21,25-26H,5-19H2,1-4H3,(H,24,27). The second-order valence-corrected chi connectivity index (χ2v) is 9.03. The summed E-state index contributed by atoms with van der Waals surface area (Å²) in [4.78, 5) is 11.8. The van der Waals surface area contributed by atoms with Crippen LogP contribution in [-0.2, 0) is 4.74 Å². The molecular formula is C23H47NO4. The van der Waals surface area contributed by atoms with Crippen molar-refractivity contribution in [2.45, 2.75) is 135 Å². The van der Waals surface area contributed by atoms with E-state index in [-0.39, 0.29) is 6.61 Å². The van der Waals surface area contributed by atoms with Gasteiger partial charge in [-0.05, 0) is 27.2 Å². The predicted octanol–water partition coefficient (Wildman–Crippen LogP) is 5.71. The van der Waals surface area contributed by atoms with E-state index in [1.165, 1.54) is 70.6 Å². The van der Waals surface area contributed by atoms with Crippen molar-refractivity contribution in [3.8, 4) is 0 Å². The van der Waals surface area contributed by atoms with Gasteiger partial charge in [0.1, 0.15) is 5.60 Å². The topological polar surface area (TPSA) is 78.8 Å². The minimum atomic E-state index is -0.745. The zero-order valence-electron chi connectivity index (χ0n) is 19.0. The first kappa shape index (κ1) is 27.2. The van der Waals surface area contributed by atoms with Crippen LogP contribution in [0.3, 0.4) is 0 Å². The Kier molecular flexibility index (Phi) is 16.6. The highest BCUT2D eigenvalue weighted by molar-refractivity contribution is 5.68. The fourth-order valence-electron chi connectivity index (χ4n) is 3.29. The lowest BCUT2D eigenvalue weighted by atomic mass is 10.0. The number of aliphatic hydroxyl groups excluding tert-OH is 2. The number of unbranched alkanes of at least 4 members (excludes halogenated alkanes) is 12. The molecule has 168 valence electrons. The van der Waals surface area contributed by atoms with Gasteiger partial charge in [0, 0.05) is 0 Å². The fourth-order valence-corrected chi connectivity index (χ4v) is 3.29. The zero-order valence-corrected chi connectivity index (χ0v) is 19.0. The molecule has 0 bridgehead atoms. The van der Waals surface area contributed by atoms with E-state index >= 15 is 0 Å². The van der Waals surface area contributed by atoms with E-state index in [1.54, 1.807) is 20.8 Å². The molecule has 0 aliphatic rings. The van der Waals surface area contributed by atoms with Crippen molar-refractivity contribution in [2.75, 3.05) is 6.61 Å². The summed E-state index contributed by atoms with van der Waals surface area (Å²) < 4.78 is 5.17. The Labute approximate surface area is 173 Å². The number of hydrogen-bond acceptors (Lipinski definition) is 4. The van der Waals surface area contributed by atoms with Crippen LogP contribution in [0.2, 0.25) is 0 Å². The molecule has 0 rings (SSSR count). The molecule has 2 unspecified atom stereocenters. The Hall–Kier alpha value is -0.810. The van der Waals surface area contributed by atoms with Crippen LogP contribution in [0, 0.1) is 0 Å². The summed E-state index contributed by atoms with van der Waals surface area (Å²) in [5.41, 5.74) is -0.593. The van der Waals surface area contributed by atoms with Crippen LogP contribution in [0.5, 0.6) is 0 Å². The molecule has 1 amide bonds. The first-order valence-electron chi connectivity index (χ1n) is 11.6. The van der Waals surface area contributed by atoms with Gasteiger partial charge in [-0.25, -0.2) is 4.79 Å². The molecule has 3 N–H and O–H groups in total. The monoisotopic (exact) mass is 401 g/mol. The lowest BCUT2D eigenvalue weighted by Gasteiger charge is -2.25. The molecule has 0 spiro atoms. The van der Waals surface area contributed by atoms with E-state index < -0.39 is 23.8 Å². The Morgan fingerprint density at radius 1 is 0.857 bits per heavy atom. The molecule has 5 nitrogen and oxygen atoms in total. The molecule has 0 saturated carbocycles. The number of aliphatic hydroxyl groups is 2. The van der Waals surface area contributed by atoms with Crippen LogP contribution in [0.4, 0.5) is 4.79 Å². The van der Waals surface area contributed by atoms with Crippen LogP contribution >= 0.6 is 0 Å². The maximum Gasteiger partial charge on any atom is 0.408 e. The molecule has 0 aliphatic heterocycles. The molecule has 5 heteroatoms. The van der Waals surface area contributed by atoms with Gasteiger partial charge in [-0.2, -0.15) is 0 Å². The number of amides is 1. The van der Waals surface area contributed by atoms with Crippen molar-refractivity contribution in [3.63, 3.8) is 0 Å². The number of alkyl carbamates (subject to hydrolysis) is 1. The number of carbonyl (C=O) groups is 1. The van der Waals surface area contributed by atoms with Crippen molar-refractivity contribution in [3.05, 3.63) is 0 Å². The van der Waals surface area contributed by atoms with E-state index in [9.17, 15) is 15.0 Å². The van der Waals surface area contributed by atoms with Gasteiger partial charge in [0.25, 0.3) is 0 Å². The number of rotatable bonds is 17. The van der Waals surface area contributed by atoms with Crippen LogP contribution in [-0.4, -0.2) is 40.7 Å². The average Bonchev–Trinajstić information content (AvgIpc) is 2.61. The van der Waals surface area contributed by atoms with Crippen LogP contribution < -0.4 is 5.32 Å². The third-order valence-electron chi connectivity index (χ3n) is 4.97. The van der Waals surface area contributed by atoms with E-state index in [0.29, 0.717) is 6.42 Å². The second kappa shape index (κ2) is 17.1. The van der Waals surface area contributed by atoms with Crippen molar-refractivity contribution in [1.82, 2.24) is 5.32 Å². The first-order valence-corrected chi connectivity index (χ1v) is 11.6. The fraction of sp³-hybridized carbons (Fsp3) is 0.957. The molecule has 0 saturated heterocycles. The average molecular weight is 402 g/mol. The van der Waals surface area contributed by atoms with Gasteiger partial charge in [-0.1, -0.05) is 90.4 Å². The maximum atomic E-state index is 11.8. The first-order chi connectivity index (χ1) is 13.3. The molecular weight excluding hydrogens is 354 g/mol. The summed E-state index contributed by atoms with van der Waals surface area (Å²) in [6.07, 6.45) is 15.9. The Bertz CT molecular complexity index is 368. The van der Waals surface area contributed by atoms with Crippen LogP contribution in [0.15, 0.2) is 0 Å². The molecule has 0 aromatic heterocycles. The van der Waals surface area contributed by atoms with E-state index in [1.807, 2.05) is 0 Å². The number of carbonyl (C=O) groups excluding carboxylic acids is 1. The van der Waals surface area contributed by atoms with Gasteiger partial charge in [0.15, 0.2) is 0 Å². The van der Waals surface area contributed by atoms with Gasteiger partial charge in [-0.3, -0.25) is 0 Å². The maximum absolute atomic E-state index is 11.8. The SMILES string of the molecule is CCCCCCCCCCCCCCCC(O)C(CO)NC(=O)OC(C)(C)C. The Morgan fingerprint density at radius 3 is 1.68 bits per heavy atom. The molecule has 0 aromatic rings. The van der Waals surface area contributed by atoms with Gasteiger partial charge >= 0.3 is 6.09 Å². The highest BCUT2D eigenvalue weighted by Gasteiger charge is 2.23. The molecule has 28 heavy (non-hydrogen) atoms. The molecule has 0 aliphatic carbocycles. The smallest absolute Gasteiger partial charge is 0.408 e. The second-order valence-electron chi connectivity index (χ2n) is 9.03. The number of ether oxygens (including phenoxy) is 1. The highest BCUT2D eigenvalue weighted by Crippen LogP contribution is 2.14. The lowest BCUT2D eigenvalue weighted by molar-refractivity contribution is 0.0333. The van der Waals surface area contributed by atoms with Gasteiger partial charge in [0.2, 0.25) is 0 Å². The summed E-state index contributed by atoms with van der Waals surface area (Å²) >= 11 is 0. The third-order valence-corrected chi connectivity index (χ3v) is 4.97. The third kappa shape index (κ3) is 17.3. The van der Waals surface area contributed by atoms with Gasteiger partial charge < -0.3 is 20.3 Å². The highest BCUT2D eigenvalue weighted by atomic mass is 16.6. The molecule has 2 atom stereocenters. The summed E-state index contributed by atoms with van der Waals surface area (Å²) in [5.74, 6) is 0. The van der Waals surface area contributed by atoms with Gasteiger partial charge in [0.05, 0.1) is 18.8 Å². The molecule has 0 fully saturated rings. The predicted molar refractivity (Wildman–Crippen MR) is 117 cm³/mol. The lowest BCUT2D eigenvalue weighted by Crippen LogP contribution is -2.47. The summed E-state index contributed by atoms with van der Waals surface area (Å²) in [6.45, 7) is 7.31. The zero-order chi connectivity index (χ0) is 21.3. The number of nitrogens with one attached hydrogen (secondary N) is 1. The Morgan fingerprint density at radius 2 is 1.29 bits per heavy atom. The normalized spacial score (nSPS) is 13.9. The van der Waals surface area contributed by atoms with Crippen molar-refractivity contribution < 1.29 is 19.7 Å². The van der Waals surface area contributed by atoms with E-state index in [4.69, 9.17) is 4.74 Å². The largest absolute Gasteiger partial charge is 0.444 e. The van der Waals surface area contributed by atoms with Crippen LogP contribution in [0.1, 0.15) is 118 Å². The molecule has 0 heterocycles. The Balaban J connectivity index is 3.61. The van der Waals surface area contributed by atoms with Crippen molar-refractivity contribution in [2.24, 2.45) is 0 Å². The molecule has 0 aromatic carbocycles. The van der Waals surface area contributed by atoms with Gasteiger partial charge in [-0.15, -0.1) is 0 Å². The van der Waals surface area contributed by atoms with Crippen LogP contribution in [0.25, 0.3) is 0 Å². The minimum Gasteiger partial charge on any atom is -0.444 e. The summed E-state index contributed by atoms with van der Waals surface area (Å²) in [7, 11) is 0. The van der Waals surface area contributed by atoms with Crippen molar-refractivity contribution in [1.29, 1.82) is 0 Å². The summed E-state index contributed by atoms with van der Waals surface area (Å²) in [5, 5.41) is 22.2. The van der Waals surface area contributed by atoms with E-state index in [2.05, 4.69) is 12.2 Å². The molecule has 0 radical (unpaired) electrons. The minimum absolute atomic E-state index is 0.293. The van der Waals surface area contributed by atoms with E-state index in [0.717, 1.165) is 12.8 Å². The van der Waals surface area contributed by atoms with Crippen molar-refractivity contribution >= 4 is 6.09 Å². The quantitative estimate of drug-likeness (QED) is 0.273.